The van der Waals surface area contributed by atoms with Crippen LogP contribution in [0.1, 0.15) is 33.1 Å². The van der Waals surface area contributed by atoms with Gasteiger partial charge in [0, 0.05) is 36.0 Å². The molecular formula is C12H17BrN2NaO3. The standard InChI is InChI=1S/C12H17BrN2O3.Na/c1-4-5-7(2)12(6-8(3)13)9(16)14-11(18)15-10(12)17;/h7H,3-6H2,1-2H3,(H2,14,15,16,17,18);. The van der Waals surface area contributed by atoms with Gasteiger partial charge in [-0.05, 0) is 16.8 Å². The summed E-state index contributed by atoms with van der Waals surface area (Å²) in [5.74, 6) is -1.26. The van der Waals surface area contributed by atoms with E-state index in [-0.39, 0.29) is 41.9 Å². The summed E-state index contributed by atoms with van der Waals surface area (Å²) in [5.41, 5.74) is -1.26. The molecule has 1 aliphatic heterocycles. The first kappa shape index (κ1) is 18.8. The Morgan fingerprint density at radius 3 is 2.16 bits per heavy atom. The Bertz CT molecular complexity index is 392. The third-order valence-corrected chi connectivity index (χ3v) is 3.58. The summed E-state index contributed by atoms with van der Waals surface area (Å²) in [4.78, 5) is 35.4. The number of rotatable bonds is 5. The maximum absolute atomic E-state index is 12.1. The summed E-state index contributed by atoms with van der Waals surface area (Å²) in [6.45, 7) is 7.52. The summed E-state index contributed by atoms with van der Waals surface area (Å²) < 4.78 is 0.560. The first-order chi connectivity index (χ1) is 8.34. The van der Waals surface area contributed by atoms with E-state index in [0.29, 0.717) is 4.48 Å². The van der Waals surface area contributed by atoms with Gasteiger partial charge in [0.15, 0.2) is 0 Å². The van der Waals surface area contributed by atoms with Gasteiger partial charge in [0.2, 0.25) is 11.8 Å². The van der Waals surface area contributed by atoms with Crippen molar-refractivity contribution in [3.05, 3.63) is 11.1 Å². The topological polar surface area (TPSA) is 75.3 Å². The minimum Gasteiger partial charge on any atom is -0.277 e. The fourth-order valence-corrected chi connectivity index (χ4v) is 2.77. The molecule has 1 heterocycles. The molecule has 5 nitrogen and oxygen atoms in total. The minimum atomic E-state index is -1.26. The second kappa shape index (κ2) is 7.57. The molecule has 0 aromatic rings. The van der Waals surface area contributed by atoms with Crippen molar-refractivity contribution in [2.45, 2.75) is 33.1 Å². The van der Waals surface area contributed by atoms with Crippen molar-refractivity contribution in [2.75, 3.05) is 0 Å². The summed E-state index contributed by atoms with van der Waals surface area (Å²) in [6, 6.07) is -0.760. The zero-order valence-corrected chi connectivity index (χ0v) is 15.1. The Hall–Kier alpha value is -0.170. The number of halogens is 1. The number of amides is 4. The molecule has 0 bridgehead atoms. The molecule has 1 rings (SSSR count). The van der Waals surface area contributed by atoms with Crippen LogP contribution in [0.15, 0.2) is 11.1 Å². The second-order valence-electron chi connectivity index (χ2n) is 4.59. The Kier molecular flexibility index (Phi) is 7.50. The monoisotopic (exact) mass is 339 g/mol. The molecule has 0 aliphatic carbocycles. The maximum Gasteiger partial charge on any atom is 0.328 e. The van der Waals surface area contributed by atoms with E-state index in [0.717, 1.165) is 12.8 Å². The van der Waals surface area contributed by atoms with E-state index in [2.05, 4.69) is 33.1 Å². The van der Waals surface area contributed by atoms with Crippen LogP contribution in [0, 0.1) is 11.3 Å². The molecule has 2 N–H and O–H groups in total. The number of imide groups is 2. The van der Waals surface area contributed by atoms with Crippen molar-refractivity contribution in [2.24, 2.45) is 11.3 Å². The molecule has 0 aromatic carbocycles. The van der Waals surface area contributed by atoms with Crippen molar-refractivity contribution < 1.29 is 14.4 Å². The van der Waals surface area contributed by atoms with Crippen LogP contribution in [0.2, 0.25) is 0 Å². The van der Waals surface area contributed by atoms with Gasteiger partial charge in [0.05, 0.1) is 0 Å². The van der Waals surface area contributed by atoms with Crippen LogP contribution < -0.4 is 10.6 Å². The van der Waals surface area contributed by atoms with Crippen molar-refractivity contribution >= 4 is 63.3 Å². The van der Waals surface area contributed by atoms with Gasteiger partial charge in [-0.15, -0.1) is 0 Å². The van der Waals surface area contributed by atoms with E-state index in [1.165, 1.54) is 0 Å². The molecule has 1 unspecified atom stereocenters. The fourth-order valence-electron chi connectivity index (χ4n) is 2.33. The molecule has 1 fully saturated rings. The summed E-state index contributed by atoms with van der Waals surface area (Å²) in [5, 5.41) is 4.35. The molecule has 4 amide bonds. The van der Waals surface area contributed by atoms with E-state index in [1.54, 1.807) is 0 Å². The van der Waals surface area contributed by atoms with Gasteiger partial charge in [-0.1, -0.05) is 42.8 Å². The average Bonchev–Trinajstić information content (AvgIpc) is 2.23. The molecule has 0 saturated carbocycles. The number of carbonyl (C=O) groups is 3. The van der Waals surface area contributed by atoms with E-state index < -0.39 is 23.3 Å². The molecule has 101 valence electrons. The average molecular weight is 340 g/mol. The van der Waals surface area contributed by atoms with Crippen LogP contribution >= 0.6 is 15.9 Å². The first-order valence-corrected chi connectivity index (χ1v) is 6.64. The van der Waals surface area contributed by atoms with Gasteiger partial charge in [0.1, 0.15) is 5.41 Å². The molecular weight excluding hydrogens is 323 g/mol. The Labute approximate surface area is 143 Å². The SMILES string of the molecule is C=C(Br)CC1(C(C)CCC)C(=O)NC(=O)NC1=O.[Na]. The number of carbonyl (C=O) groups excluding carboxylic acids is 3. The molecule has 0 spiro atoms. The number of nitrogens with one attached hydrogen (secondary N) is 2. The van der Waals surface area contributed by atoms with Crippen molar-refractivity contribution in [1.82, 2.24) is 10.6 Å². The third kappa shape index (κ3) is 3.90. The largest absolute Gasteiger partial charge is 0.328 e. The summed E-state index contributed by atoms with van der Waals surface area (Å²) >= 11 is 3.20. The van der Waals surface area contributed by atoms with Crippen LogP contribution in [0.5, 0.6) is 0 Å². The van der Waals surface area contributed by atoms with Crippen molar-refractivity contribution in [3.8, 4) is 0 Å². The Morgan fingerprint density at radius 1 is 1.32 bits per heavy atom. The number of hydrogen-bond acceptors (Lipinski definition) is 3. The Morgan fingerprint density at radius 2 is 1.79 bits per heavy atom. The maximum atomic E-state index is 12.1. The van der Waals surface area contributed by atoms with Gasteiger partial charge in [-0.2, -0.15) is 0 Å². The zero-order chi connectivity index (χ0) is 13.9. The van der Waals surface area contributed by atoms with Gasteiger partial charge >= 0.3 is 6.03 Å². The van der Waals surface area contributed by atoms with Gasteiger partial charge < -0.3 is 0 Å². The smallest absolute Gasteiger partial charge is 0.277 e. The first-order valence-electron chi connectivity index (χ1n) is 5.84. The number of allylic oxidation sites excluding steroid dienone is 1. The Balaban J connectivity index is 0.00000324. The second-order valence-corrected chi connectivity index (χ2v) is 5.71. The molecule has 7 heteroatoms. The fraction of sp³-hybridized carbons (Fsp3) is 0.583. The minimum absolute atomic E-state index is 0. The molecule has 1 radical (unpaired) electrons. The van der Waals surface area contributed by atoms with E-state index in [4.69, 9.17) is 0 Å². The van der Waals surface area contributed by atoms with E-state index in [9.17, 15) is 14.4 Å². The van der Waals surface area contributed by atoms with Gasteiger partial charge in [-0.25, -0.2) is 4.79 Å². The van der Waals surface area contributed by atoms with Crippen LogP contribution in [-0.2, 0) is 9.59 Å². The zero-order valence-electron chi connectivity index (χ0n) is 11.5. The van der Waals surface area contributed by atoms with Crippen LogP contribution in [-0.4, -0.2) is 47.4 Å². The predicted molar refractivity (Wildman–Crippen MR) is 76.6 cm³/mol. The quantitative estimate of drug-likeness (QED) is 0.591. The molecule has 1 aliphatic rings. The van der Waals surface area contributed by atoms with Crippen LogP contribution in [0.3, 0.4) is 0 Å². The van der Waals surface area contributed by atoms with Gasteiger partial charge in [-0.3, -0.25) is 20.2 Å². The molecule has 19 heavy (non-hydrogen) atoms. The van der Waals surface area contributed by atoms with Crippen LogP contribution in [0.25, 0.3) is 0 Å². The van der Waals surface area contributed by atoms with Gasteiger partial charge in [0.25, 0.3) is 0 Å². The van der Waals surface area contributed by atoms with Crippen LogP contribution in [0.4, 0.5) is 4.79 Å². The van der Waals surface area contributed by atoms with Crippen molar-refractivity contribution in [3.63, 3.8) is 0 Å². The predicted octanol–water partition coefficient (Wildman–Crippen LogP) is 1.69. The molecule has 1 atom stereocenters. The van der Waals surface area contributed by atoms with Crippen molar-refractivity contribution in [1.29, 1.82) is 0 Å². The number of urea groups is 1. The normalized spacial score (nSPS) is 19.0. The summed E-state index contributed by atoms with van der Waals surface area (Å²) in [7, 11) is 0. The third-order valence-electron chi connectivity index (χ3n) is 3.30. The summed E-state index contributed by atoms with van der Waals surface area (Å²) in [6.07, 6.45) is 1.75. The molecule has 0 aromatic heterocycles. The number of barbiturate groups is 1. The van der Waals surface area contributed by atoms with E-state index in [1.807, 2.05) is 13.8 Å². The number of hydrogen-bond donors (Lipinski definition) is 2. The van der Waals surface area contributed by atoms with E-state index >= 15 is 0 Å². The molecule has 1 saturated heterocycles.